The van der Waals surface area contributed by atoms with Crippen molar-refractivity contribution in [2.24, 2.45) is 5.92 Å². The maximum Gasteiger partial charge on any atom is 0.0480 e. The molecule has 17 heavy (non-hydrogen) atoms. The molecule has 0 atom stereocenters. The summed E-state index contributed by atoms with van der Waals surface area (Å²) in [5.41, 5.74) is 2.75. The Hall–Kier alpha value is -1.28. The molecule has 1 fully saturated rings. The lowest BCUT2D eigenvalue weighted by atomic mass is 9.85. The molecule has 1 aromatic carbocycles. The van der Waals surface area contributed by atoms with E-state index < -0.39 is 0 Å². The van der Waals surface area contributed by atoms with Crippen LogP contribution < -0.4 is 5.32 Å². The highest BCUT2D eigenvalue weighted by molar-refractivity contribution is 5.80. The zero-order valence-corrected chi connectivity index (χ0v) is 10.4. The summed E-state index contributed by atoms with van der Waals surface area (Å²) in [5.74, 6) is 0.919. The number of nitrogens with zero attached hydrogens (tertiary/aromatic N) is 1. The molecule has 0 unspecified atom stereocenters. The van der Waals surface area contributed by atoms with Gasteiger partial charge in [-0.2, -0.15) is 0 Å². The third-order valence-corrected chi connectivity index (χ3v) is 3.90. The monoisotopic (exact) mass is 228 g/mol. The van der Waals surface area contributed by atoms with Gasteiger partial charge in [-0.15, -0.1) is 0 Å². The average molecular weight is 228 g/mol. The van der Waals surface area contributed by atoms with Gasteiger partial charge in [0.05, 0.1) is 0 Å². The standard InChI is InChI=1S/C15H20N2/c1-16-10-13-5-6-15-14(9-13)7-8-17(15)11-12-3-2-4-12/h5-9,12,16H,2-4,10-11H2,1H3. The third-order valence-electron chi connectivity index (χ3n) is 3.90. The van der Waals surface area contributed by atoms with Gasteiger partial charge in [0.2, 0.25) is 0 Å². The number of nitrogens with one attached hydrogen (secondary N) is 1. The SMILES string of the molecule is CNCc1ccc2c(ccn2CC2CCC2)c1. The highest BCUT2D eigenvalue weighted by Crippen LogP contribution is 2.29. The van der Waals surface area contributed by atoms with Crippen LogP contribution in [0.3, 0.4) is 0 Å². The molecular weight excluding hydrogens is 208 g/mol. The Morgan fingerprint density at radius 1 is 1.29 bits per heavy atom. The summed E-state index contributed by atoms with van der Waals surface area (Å²) in [6.07, 6.45) is 6.50. The van der Waals surface area contributed by atoms with E-state index in [1.807, 2.05) is 7.05 Å². The minimum absolute atomic E-state index is 0.919. The van der Waals surface area contributed by atoms with Crippen molar-refractivity contribution in [1.82, 2.24) is 9.88 Å². The van der Waals surface area contributed by atoms with Crippen LogP contribution in [0.25, 0.3) is 10.9 Å². The van der Waals surface area contributed by atoms with Gasteiger partial charge in [-0.3, -0.25) is 0 Å². The fraction of sp³-hybridized carbons (Fsp3) is 0.467. The van der Waals surface area contributed by atoms with E-state index in [1.54, 1.807) is 0 Å². The predicted molar refractivity (Wildman–Crippen MR) is 72.0 cm³/mol. The van der Waals surface area contributed by atoms with Crippen LogP contribution >= 0.6 is 0 Å². The minimum Gasteiger partial charge on any atom is -0.347 e. The van der Waals surface area contributed by atoms with Crippen molar-refractivity contribution in [2.75, 3.05) is 7.05 Å². The van der Waals surface area contributed by atoms with Gasteiger partial charge in [0.15, 0.2) is 0 Å². The summed E-state index contributed by atoms with van der Waals surface area (Å²) in [6, 6.07) is 9.03. The number of hydrogen-bond acceptors (Lipinski definition) is 1. The van der Waals surface area contributed by atoms with Crippen LogP contribution in [0.2, 0.25) is 0 Å². The van der Waals surface area contributed by atoms with Crippen molar-refractivity contribution in [3.05, 3.63) is 36.0 Å². The Kier molecular flexibility index (Phi) is 2.89. The maximum atomic E-state index is 3.20. The van der Waals surface area contributed by atoms with Crippen molar-refractivity contribution < 1.29 is 0 Å². The second kappa shape index (κ2) is 4.53. The van der Waals surface area contributed by atoms with Gasteiger partial charge in [-0.25, -0.2) is 0 Å². The lowest BCUT2D eigenvalue weighted by molar-refractivity contribution is 0.280. The van der Waals surface area contributed by atoms with Crippen molar-refractivity contribution in [3.63, 3.8) is 0 Å². The fourth-order valence-corrected chi connectivity index (χ4v) is 2.68. The van der Waals surface area contributed by atoms with Crippen LogP contribution in [0.5, 0.6) is 0 Å². The molecule has 0 bridgehead atoms. The van der Waals surface area contributed by atoms with Gasteiger partial charge in [0.1, 0.15) is 0 Å². The minimum atomic E-state index is 0.919. The van der Waals surface area contributed by atoms with E-state index in [4.69, 9.17) is 0 Å². The summed E-state index contributed by atoms with van der Waals surface area (Å²) in [7, 11) is 1.99. The Balaban J connectivity index is 1.87. The second-order valence-corrected chi connectivity index (χ2v) is 5.19. The number of hydrogen-bond donors (Lipinski definition) is 1. The van der Waals surface area contributed by atoms with Crippen molar-refractivity contribution >= 4 is 10.9 Å². The number of aromatic nitrogens is 1. The molecule has 0 spiro atoms. The maximum absolute atomic E-state index is 3.20. The molecule has 0 aliphatic heterocycles. The molecule has 0 saturated heterocycles. The highest BCUT2D eigenvalue weighted by Gasteiger charge is 2.18. The van der Waals surface area contributed by atoms with E-state index in [0.29, 0.717) is 0 Å². The Bertz CT molecular complexity index is 509. The van der Waals surface area contributed by atoms with E-state index in [1.165, 1.54) is 42.3 Å². The van der Waals surface area contributed by atoms with Gasteiger partial charge in [0.25, 0.3) is 0 Å². The van der Waals surface area contributed by atoms with Gasteiger partial charge in [0, 0.05) is 24.8 Å². The Morgan fingerprint density at radius 3 is 2.88 bits per heavy atom. The molecule has 1 heterocycles. The first-order valence-electron chi connectivity index (χ1n) is 6.59. The molecule has 1 aromatic heterocycles. The molecule has 0 radical (unpaired) electrons. The molecule has 0 amide bonds. The van der Waals surface area contributed by atoms with E-state index in [2.05, 4.69) is 40.3 Å². The summed E-state index contributed by atoms with van der Waals surface area (Å²) in [4.78, 5) is 0. The number of rotatable bonds is 4. The molecule has 1 saturated carbocycles. The summed E-state index contributed by atoms with van der Waals surface area (Å²) < 4.78 is 2.42. The Morgan fingerprint density at radius 2 is 2.18 bits per heavy atom. The molecular formula is C15H20N2. The highest BCUT2D eigenvalue weighted by atomic mass is 15.0. The van der Waals surface area contributed by atoms with E-state index in [9.17, 15) is 0 Å². The van der Waals surface area contributed by atoms with Crippen LogP contribution in [0.15, 0.2) is 30.5 Å². The molecule has 1 aliphatic carbocycles. The van der Waals surface area contributed by atoms with E-state index in [0.717, 1.165) is 12.5 Å². The molecule has 3 rings (SSSR count). The van der Waals surface area contributed by atoms with Crippen LogP contribution in [-0.2, 0) is 13.1 Å². The lowest BCUT2D eigenvalue weighted by Crippen LogP contribution is -2.17. The van der Waals surface area contributed by atoms with Crippen molar-refractivity contribution in [3.8, 4) is 0 Å². The zero-order chi connectivity index (χ0) is 11.7. The first-order chi connectivity index (χ1) is 8.36. The number of benzene rings is 1. The predicted octanol–water partition coefficient (Wildman–Crippen LogP) is 3.16. The molecule has 1 aliphatic rings. The van der Waals surface area contributed by atoms with Crippen molar-refractivity contribution in [2.45, 2.75) is 32.4 Å². The van der Waals surface area contributed by atoms with Crippen LogP contribution in [0, 0.1) is 5.92 Å². The normalized spacial score (nSPS) is 16.3. The summed E-state index contributed by atoms with van der Waals surface area (Å²) in [6.45, 7) is 2.15. The molecule has 2 nitrogen and oxygen atoms in total. The fourth-order valence-electron chi connectivity index (χ4n) is 2.68. The molecule has 1 N–H and O–H groups in total. The summed E-state index contributed by atoms with van der Waals surface area (Å²) >= 11 is 0. The van der Waals surface area contributed by atoms with Gasteiger partial charge in [-0.1, -0.05) is 12.5 Å². The smallest absolute Gasteiger partial charge is 0.0480 e. The largest absolute Gasteiger partial charge is 0.347 e. The van der Waals surface area contributed by atoms with Crippen LogP contribution in [0.4, 0.5) is 0 Å². The van der Waals surface area contributed by atoms with Gasteiger partial charge >= 0.3 is 0 Å². The molecule has 2 aromatic rings. The molecule has 90 valence electrons. The quantitative estimate of drug-likeness (QED) is 0.850. The Labute approximate surface area is 103 Å². The lowest BCUT2D eigenvalue weighted by Gasteiger charge is -2.26. The van der Waals surface area contributed by atoms with Crippen molar-refractivity contribution in [1.29, 1.82) is 0 Å². The van der Waals surface area contributed by atoms with Gasteiger partial charge < -0.3 is 9.88 Å². The molecule has 2 heteroatoms. The van der Waals surface area contributed by atoms with Gasteiger partial charge in [-0.05, 0) is 55.0 Å². The van der Waals surface area contributed by atoms with E-state index in [-0.39, 0.29) is 0 Å². The van der Waals surface area contributed by atoms with Crippen LogP contribution in [-0.4, -0.2) is 11.6 Å². The first-order valence-corrected chi connectivity index (χ1v) is 6.59. The van der Waals surface area contributed by atoms with E-state index >= 15 is 0 Å². The zero-order valence-electron chi connectivity index (χ0n) is 10.4. The van der Waals surface area contributed by atoms with Crippen LogP contribution in [0.1, 0.15) is 24.8 Å². The summed E-state index contributed by atoms with van der Waals surface area (Å²) in [5, 5.41) is 4.57. The number of fused-ring (bicyclic) bond motifs is 1. The first kappa shape index (κ1) is 10.8. The topological polar surface area (TPSA) is 17.0 Å². The average Bonchev–Trinajstić information content (AvgIpc) is 2.66. The second-order valence-electron chi connectivity index (χ2n) is 5.19. The third kappa shape index (κ3) is 2.09.